The third-order valence-corrected chi connectivity index (χ3v) is 7.74. The lowest BCUT2D eigenvalue weighted by Crippen LogP contribution is -2.39. The summed E-state index contributed by atoms with van der Waals surface area (Å²) in [6.45, 7) is 18.4. The highest BCUT2D eigenvalue weighted by molar-refractivity contribution is 5.87. The molecule has 4 rings (SSSR count). The first-order chi connectivity index (χ1) is 20.2. The van der Waals surface area contributed by atoms with Crippen LogP contribution in [-0.2, 0) is 20.7 Å². The van der Waals surface area contributed by atoms with Gasteiger partial charge in [-0.05, 0) is 95.2 Å². The van der Waals surface area contributed by atoms with Crippen molar-refractivity contribution >= 4 is 11.7 Å². The summed E-state index contributed by atoms with van der Waals surface area (Å²) in [5.74, 6) is 0.100. The Balaban J connectivity index is 1.71. The van der Waals surface area contributed by atoms with Gasteiger partial charge in [0, 0.05) is 42.5 Å². The molecule has 1 fully saturated rings. The molecule has 0 unspecified atom stereocenters. The Hall–Kier alpha value is -3.45. The van der Waals surface area contributed by atoms with Crippen LogP contribution in [0.4, 0.5) is 10.1 Å². The van der Waals surface area contributed by atoms with Gasteiger partial charge in [-0.25, -0.2) is 9.18 Å². The maximum atomic E-state index is 13.5. The fourth-order valence-electron chi connectivity index (χ4n) is 5.36. The maximum Gasteiger partial charge on any atom is 0.340 e. The van der Waals surface area contributed by atoms with Gasteiger partial charge in [-0.1, -0.05) is 38.1 Å². The summed E-state index contributed by atoms with van der Waals surface area (Å²) in [5.41, 5.74) is 5.24. The molecule has 0 saturated carbocycles. The number of hydrogen-bond donors (Lipinski definition) is 0. The van der Waals surface area contributed by atoms with Crippen molar-refractivity contribution < 1.29 is 23.4 Å². The second-order valence-corrected chi connectivity index (χ2v) is 13.5. The van der Waals surface area contributed by atoms with Gasteiger partial charge in [0.15, 0.2) is 6.10 Å². The van der Waals surface area contributed by atoms with Crippen molar-refractivity contribution in [2.45, 2.75) is 92.5 Å². The van der Waals surface area contributed by atoms with Crippen LogP contribution in [0.15, 0.2) is 54.7 Å². The van der Waals surface area contributed by atoms with Crippen LogP contribution in [0.5, 0.6) is 5.75 Å². The summed E-state index contributed by atoms with van der Waals surface area (Å²) in [6, 6.07) is 14.5. The van der Waals surface area contributed by atoms with Gasteiger partial charge < -0.3 is 19.1 Å². The Bertz CT molecular complexity index is 1370. The van der Waals surface area contributed by atoms with E-state index in [1.54, 1.807) is 18.3 Å². The number of carbonyl (C=O) groups excluding carboxylic acids is 1. The Kier molecular flexibility index (Phi) is 10.2. The molecule has 1 aromatic heterocycles. The maximum absolute atomic E-state index is 13.5. The molecule has 1 aliphatic heterocycles. The summed E-state index contributed by atoms with van der Waals surface area (Å²) >= 11 is 0. The molecule has 0 bridgehead atoms. The summed E-state index contributed by atoms with van der Waals surface area (Å²) in [4.78, 5) is 20.7. The van der Waals surface area contributed by atoms with Gasteiger partial charge in [0.1, 0.15) is 11.6 Å². The summed E-state index contributed by atoms with van der Waals surface area (Å²) in [7, 11) is 0. The van der Waals surface area contributed by atoms with Gasteiger partial charge >= 0.3 is 5.97 Å². The Morgan fingerprint density at radius 1 is 1.02 bits per heavy atom. The van der Waals surface area contributed by atoms with Crippen molar-refractivity contribution in [3.05, 3.63) is 77.4 Å². The van der Waals surface area contributed by atoms with E-state index in [-0.39, 0.29) is 17.3 Å². The molecule has 3 aromatic rings. The Labute approximate surface area is 256 Å². The average molecular weight is 591 g/mol. The second-order valence-electron chi connectivity index (χ2n) is 13.5. The van der Waals surface area contributed by atoms with E-state index in [4.69, 9.17) is 19.2 Å². The van der Waals surface area contributed by atoms with Crippen molar-refractivity contribution in [3.63, 3.8) is 0 Å². The van der Waals surface area contributed by atoms with Crippen LogP contribution in [-0.4, -0.2) is 42.4 Å². The molecule has 1 aliphatic rings. The molecule has 232 valence electrons. The lowest BCUT2D eigenvalue weighted by Gasteiger charge is -2.41. The minimum absolute atomic E-state index is 0.241. The fraction of sp³-hybridized carbons (Fsp3) is 0.500. The van der Waals surface area contributed by atoms with Crippen LogP contribution in [0.25, 0.3) is 11.1 Å². The molecule has 0 N–H and O–H groups in total. The largest absolute Gasteiger partial charge is 0.493 e. The van der Waals surface area contributed by atoms with Crippen LogP contribution in [0, 0.1) is 18.2 Å². The first-order valence-electron chi connectivity index (χ1n) is 15.3. The van der Waals surface area contributed by atoms with Gasteiger partial charge in [-0.3, -0.25) is 4.98 Å². The van der Waals surface area contributed by atoms with Crippen LogP contribution >= 0.6 is 0 Å². The van der Waals surface area contributed by atoms with E-state index < -0.39 is 17.7 Å². The molecule has 0 amide bonds. The number of aromatic nitrogens is 1. The number of anilines is 1. The molecule has 43 heavy (non-hydrogen) atoms. The highest BCUT2D eigenvalue weighted by atomic mass is 19.1. The molecule has 2 heterocycles. The zero-order valence-electron chi connectivity index (χ0n) is 27.0. The smallest absolute Gasteiger partial charge is 0.340 e. The molecule has 1 atom stereocenters. The highest BCUT2D eigenvalue weighted by Gasteiger charge is 2.36. The quantitative estimate of drug-likeness (QED) is 0.222. The summed E-state index contributed by atoms with van der Waals surface area (Å²) in [6.07, 6.45) is 3.35. The Morgan fingerprint density at radius 3 is 2.23 bits per heavy atom. The van der Waals surface area contributed by atoms with Gasteiger partial charge in [0.05, 0.1) is 24.0 Å². The standard InChI is InChI=1S/C36H47FN2O4/c1-24(2)42-34(40)33(43-35(4,5)6)30-23-38-25(3)31(32(30)39-20-18-36(7,8)19-21-39)27-11-15-29(16-12-27)41-22-17-26-9-13-28(37)14-10-26/h9-16,23-24,33H,17-22H2,1-8H3/t33-/m0/s1. The number of aryl methyl sites for hydroxylation is 1. The van der Waals surface area contributed by atoms with Crippen LogP contribution in [0.1, 0.15) is 84.2 Å². The topological polar surface area (TPSA) is 60.9 Å². The van der Waals surface area contributed by atoms with Gasteiger partial charge in [0.25, 0.3) is 0 Å². The molecule has 1 saturated heterocycles. The van der Waals surface area contributed by atoms with Gasteiger partial charge in [-0.2, -0.15) is 0 Å². The van der Waals surface area contributed by atoms with Crippen molar-refractivity contribution in [1.82, 2.24) is 4.98 Å². The van der Waals surface area contributed by atoms with E-state index in [0.29, 0.717) is 13.0 Å². The van der Waals surface area contributed by atoms with E-state index in [9.17, 15) is 9.18 Å². The third-order valence-electron chi connectivity index (χ3n) is 7.74. The minimum Gasteiger partial charge on any atom is -0.493 e. The lowest BCUT2D eigenvalue weighted by atomic mass is 9.82. The van der Waals surface area contributed by atoms with Crippen molar-refractivity contribution in [1.29, 1.82) is 0 Å². The minimum atomic E-state index is -0.923. The van der Waals surface area contributed by atoms with E-state index >= 15 is 0 Å². The van der Waals surface area contributed by atoms with Gasteiger partial charge in [-0.15, -0.1) is 0 Å². The number of pyridine rings is 1. The first-order valence-corrected chi connectivity index (χ1v) is 15.3. The summed E-state index contributed by atoms with van der Waals surface area (Å²) in [5, 5.41) is 0. The number of rotatable bonds is 10. The number of carbonyl (C=O) groups is 1. The number of piperidine rings is 1. The van der Waals surface area contributed by atoms with E-state index in [1.807, 2.05) is 65.8 Å². The van der Waals surface area contributed by atoms with Gasteiger partial charge in [0.2, 0.25) is 0 Å². The van der Waals surface area contributed by atoms with Crippen molar-refractivity contribution in [2.24, 2.45) is 5.41 Å². The fourth-order valence-corrected chi connectivity index (χ4v) is 5.36. The molecule has 6 nitrogen and oxygen atoms in total. The molecular weight excluding hydrogens is 543 g/mol. The van der Waals surface area contributed by atoms with Crippen LogP contribution in [0.3, 0.4) is 0 Å². The number of hydrogen-bond acceptors (Lipinski definition) is 6. The number of esters is 1. The highest BCUT2D eigenvalue weighted by Crippen LogP contribution is 2.44. The van der Waals surface area contributed by atoms with E-state index in [0.717, 1.165) is 65.3 Å². The zero-order valence-corrected chi connectivity index (χ0v) is 27.0. The third kappa shape index (κ3) is 8.79. The predicted octanol–water partition coefficient (Wildman–Crippen LogP) is 8.25. The lowest BCUT2D eigenvalue weighted by molar-refractivity contribution is -0.171. The van der Waals surface area contributed by atoms with E-state index in [2.05, 4.69) is 18.7 Å². The average Bonchev–Trinajstić information content (AvgIpc) is 2.92. The van der Waals surface area contributed by atoms with Crippen LogP contribution in [0.2, 0.25) is 0 Å². The molecule has 7 heteroatoms. The molecular formula is C36H47FN2O4. The molecule has 0 radical (unpaired) electrons. The van der Waals surface area contributed by atoms with Crippen molar-refractivity contribution in [2.75, 3.05) is 24.6 Å². The zero-order chi connectivity index (χ0) is 31.4. The summed E-state index contributed by atoms with van der Waals surface area (Å²) < 4.78 is 31.4. The second kappa shape index (κ2) is 13.5. The molecule has 2 aromatic carbocycles. The molecule has 0 aliphatic carbocycles. The normalized spacial score (nSPS) is 15.8. The molecule has 0 spiro atoms. The Morgan fingerprint density at radius 2 is 1.65 bits per heavy atom. The first kappa shape index (κ1) is 32.5. The van der Waals surface area contributed by atoms with Crippen molar-refractivity contribution in [3.8, 4) is 16.9 Å². The predicted molar refractivity (Wildman–Crippen MR) is 170 cm³/mol. The monoisotopic (exact) mass is 590 g/mol. The SMILES string of the molecule is Cc1ncc([C@H](OC(C)(C)C)C(=O)OC(C)C)c(N2CCC(C)(C)CC2)c1-c1ccc(OCCc2ccc(F)cc2)cc1. The van der Waals surface area contributed by atoms with E-state index in [1.165, 1.54) is 12.1 Å². The number of halogens is 1. The number of ether oxygens (including phenoxy) is 3. The van der Waals surface area contributed by atoms with Crippen LogP contribution < -0.4 is 9.64 Å². The number of benzene rings is 2. The number of nitrogens with zero attached hydrogens (tertiary/aromatic N) is 2.